The van der Waals surface area contributed by atoms with Crippen molar-refractivity contribution >= 4 is 28.7 Å². The summed E-state index contributed by atoms with van der Waals surface area (Å²) in [4.78, 5) is 30.0. The number of methoxy groups -OCH3 is 1. The van der Waals surface area contributed by atoms with Gasteiger partial charge in [0.15, 0.2) is 4.88 Å². The van der Waals surface area contributed by atoms with E-state index in [1.165, 1.54) is 11.3 Å². The maximum atomic E-state index is 13.3. The first-order chi connectivity index (χ1) is 19.1. The second-order valence-electron chi connectivity index (χ2n) is 11.2. The lowest BCUT2D eigenvalue weighted by Crippen LogP contribution is -2.39. The summed E-state index contributed by atoms with van der Waals surface area (Å²) in [5.74, 6) is 0.599. The highest BCUT2D eigenvalue weighted by molar-refractivity contribution is 7.14. The number of nitrogens with one attached hydrogen (secondary N) is 1. The summed E-state index contributed by atoms with van der Waals surface area (Å²) >= 11 is 1.24. The van der Waals surface area contributed by atoms with Crippen LogP contribution in [0, 0.1) is 0 Å². The predicted octanol–water partition coefficient (Wildman–Crippen LogP) is 3.23. The van der Waals surface area contributed by atoms with Gasteiger partial charge < -0.3 is 30.4 Å². The van der Waals surface area contributed by atoms with Gasteiger partial charge in [-0.3, -0.25) is 9.59 Å². The maximum Gasteiger partial charge on any atom is 0.264 e. The summed E-state index contributed by atoms with van der Waals surface area (Å²) in [6.07, 6.45) is 7.10. The molecule has 2 amide bonds. The molecule has 2 saturated carbocycles. The zero-order valence-corrected chi connectivity index (χ0v) is 24.0. The third-order valence-corrected chi connectivity index (χ3v) is 8.25. The number of hydrogen-bond donors (Lipinski definition) is 3. The third-order valence-electron chi connectivity index (χ3n) is 7.14. The molecule has 3 aromatic rings. The quantitative estimate of drug-likeness (QED) is 0.300. The normalized spacial score (nSPS) is 19.5. The first-order valence-corrected chi connectivity index (χ1v) is 14.6. The van der Waals surface area contributed by atoms with Crippen LogP contribution in [-0.4, -0.2) is 69.6 Å². The van der Waals surface area contributed by atoms with Gasteiger partial charge in [0.2, 0.25) is 5.88 Å². The molecular formula is C28H37N5O6S. The average molecular weight is 572 g/mol. The van der Waals surface area contributed by atoms with E-state index in [9.17, 15) is 14.7 Å². The molecule has 0 bridgehead atoms. The molecule has 11 nitrogen and oxygen atoms in total. The van der Waals surface area contributed by atoms with Crippen LogP contribution in [0.2, 0.25) is 0 Å². The van der Waals surface area contributed by atoms with Gasteiger partial charge in [-0.2, -0.15) is 5.10 Å². The number of carbonyl (C=O) groups excluding carboxylic acids is 2. The minimum atomic E-state index is -0.952. The molecule has 40 heavy (non-hydrogen) atoms. The van der Waals surface area contributed by atoms with Crippen molar-refractivity contribution in [3.63, 3.8) is 0 Å². The Morgan fingerprint density at radius 2 is 1.95 bits per heavy atom. The predicted molar refractivity (Wildman–Crippen MR) is 149 cm³/mol. The highest BCUT2D eigenvalue weighted by Crippen LogP contribution is 2.44. The van der Waals surface area contributed by atoms with E-state index < -0.39 is 11.5 Å². The zero-order chi connectivity index (χ0) is 28.4. The number of primary amides is 1. The number of rotatable bonds is 12. The first kappa shape index (κ1) is 28.3. The molecule has 4 N–H and O–H groups in total. The van der Waals surface area contributed by atoms with Gasteiger partial charge in [-0.1, -0.05) is 0 Å². The van der Waals surface area contributed by atoms with Crippen molar-refractivity contribution in [1.29, 1.82) is 0 Å². The van der Waals surface area contributed by atoms with Crippen LogP contribution in [0.4, 0.5) is 0 Å². The topological polar surface area (TPSA) is 150 Å². The number of carbonyl (C=O) groups is 2. The van der Waals surface area contributed by atoms with Gasteiger partial charge in [0.1, 0.15) is 18.5 Å². The highest BCUT2D eigenvalue weighted by Gasteiger charge is 2.32. The van der Waals surface area contributed by atoms with E-state index >= 15 is 0 Å². The van der Waals surface area contributed by atoms with Crippen LogP contribution in [0.3, 0.4) is 0 Å². The lowest BCUT2D eigenvalue weighted by atomic mass is 9.92. The number of amides is 2. The SMILES string of the molecule is COCCc1nc(O[C@H]2CC[C@H](NC(=O)c3cnn4c(C5CC5)c(OCC(C)(C)O)ccc34)CC2)c(C(N)=O)s1. The molecule has 0 radical (unpaired) electrons. The fourth-order valence-electron chi connectivity index (χ4n) is 4.96. The zero-order valence-electron chi connectivity index (χ0n) is 23.1. The molecule has 12 heteroatoms. The molecule has 0 aromatic carbocycles. The van der Waals surface area contributed by atoms with E-state index in [2.05, 4.69) is 15.4 Å². The molecule has 0 unspecified atom stereocenters. The first-order valence-electron chi connectivity index (χ1n) is 13.7. The number of pyridine rings is 1. The summed E-state index contributed by atoms with van der Waals surface area (Å²) in [6.45, 7) is 4.08. The largest absolute Gasteiger partial charge is 0.489 e. The second kappa shape index (κ2) is 11.7. The number of ether oxygens (including phenoxy) is 3. The van der Waals surface area contributed by atoms with Crippen molar-refractivity contribution < 1.29 is 28.9 Å². The summed E-state index contributed by atoms with van der Waals surface area (Å²) in [7, 11) is 1.62. The summed E-state index contributed by atoms with van der Waals surface area (Å²) in [5, 5.41) is 18.5. The van der Waals surface area contributed by atoms with E-state index in [4.69, 9.17) is 19.9 Å². The fourth-order valence-corrected chi connectivity index (χ4v) is 5.79. The number of aliphatic hydroxyl groups is 1. The van der Waals surface area contributed by atoms with Crippen LogP contribution >= 0.6 is 11.3 Å². The van der Waals surface area contributed by atoms with Crippen molar-refractivity contribution in [2.45, 2.75) is 82.5 Å². The molecule has 0 atom stereocenters. The van der Waals surface area contributed by atoms with Crippen molar-refractivity contribution in [3.8, 4) is 11.6 Å². The van der Waals surface area contributed by atoms with Crippen LogP contribution in [0.25, 0.3) is 5.52 Å². The van der Waals surface area contributed by atoms with Crippen LogP contribution in [0.1, 0.15) is 89.0 Å². The molecular weight excluding hydrogens is 534 g/mol. The number of nitrogens with zero attached hydrogens (tertiary/aromatic N) is 3. The monoisotopic (exact) mass is 571 g/mol. The Morgan fingerprint density at radius 3 is 2.60 bits per heavy atom. The fraction of sp³-hybridized carbons (Fsp3) is 0.571. The minimum absolute atomic E-state index is 0.00269. The highest BCUT2D eigenvalue weighted by atomic mass is 32.1. The standard InChI is InChI=1S/C28H37N5O6S/c1-28(2,36)15-38-21-11-10-20-19(14-30-33(20)23(21)16-4-5-16)26(35)31-17-6-8-18(9-7-17)39-27-24(25(29)34)40-22(32-27)12-13-37-3/h10-11,14,16-18,36H,4-9,12-13,15H2,1-3H3,(H2,29,34)(H,31,35)/t17-,18-. The number of fused-ring (bicyclic) bond motifs is 1. The molecule has 0 spiro atoms. The maximum absolute atomic E-state index is 13.3. The molecule has 2 fully saturated rings. The Hall–Kier alpha value is -3.22. The number of thiazole rings is 1. The Bertz CT molecular complexity index is 1370. The number of aromatic nitrogens is 3. The second-order valence-corrected chi connectivity index (χ2v) is 12.3. The summed E-state index contributed by atoms with van der Waals surface area (Å²) in [5.41, 5.74) is 6.79. The van der Waals surface area contributed by atoms with Crippen LogP contribution in [0.5, 0.6) is 11.6 Å². The van der Waals surface area contributed by atoms with Crippen molar-refractivity contribution in [2.24, 2.45) is 5.73 Å². The molecule has 2 aliphatic carbocycles. The van der Waals surface area contributed by atoms with Gasteiger partial charge in [0.05, 0.1) is 40.2 Å². The summed E-state index contributed by atoms with van der Waals surface area (Å²) < 4.78 is 18.9. The Kier molecular flexibility index (Phi) is 8.29. The van der Waals surface area contributed by atoms with E-state index in [-0.39, 0.29) is 24.7 Å². The molecule has 0 saturated heterocycles. The van der Waals surface area contributed by atoms with Crippen LogP contribution in [-0.2, 0) is 11.2 Å². The molecule has 5 rings (SSSR count). The van der Waals surface area contributed by atoms with Crippen molar-refractivity contribution in [2.75, 3.05) is 20.3 Å². The van der Waals surface area contributed by atoms with E-state index in [0.717, 1.165) is 54.7 Å². The van der Waals surface area contributed by atoms with E-state index in [1.807, 2.05) is 16.6 Å². The lowest BCUT2D eigenvalue weighted by Gasteiger charge is -2.29. The van der Waals surface area contributed by atoms with Gasteiger partial charge in [0.25, 0.3) is 11.8 Å². The Balaban J connectivity index is 1.21. The van der Waals surface area contributed by atoms with Crippen LogP contribution in [0.15, 0.2) is 18.3 Å². The minimum Gasteiger partial charge on any atom is -0.489 e. The van der Waals surface area contributed by atoms with E-state index in [1.54, 1.807) is 27.2 Å². The molecule has 2 aliphatic rings. The smallest absolute Gasteiger partial charge is 0.264 e. The van der Waals surface area contributed by atoms with Crippen molar-refractivity contribution in [1.82, 2.24) is 19.9 Å². The number of nitrogens with two attached hydrogens (primary N) is 1. The lowest BCUT2D eigenvalue weighted by molar-refractivity contribution is 0.0279. The Morgan fingerprint density at radius 1 is 1.20 bits per heavy atom. The van der Waals surface area contributed by atoms with Crippen molar-refractivity contribution in [3.05, 3.63) is 39.5 Å². The number of hydrogen-bond acceptors (Lipinski definition) is 9. The third kappa shape index (κ3) is 6.56. The average Bonchev–Trinajstić information content (AvgIpc) is 3.52. The van der Waals surface area contributed by atoms with Gasteiger partial charge in [-0.05, 0) is 64.5 Å². The van der Waals surface area contributed by atoms with Gasteiger partial charge in [-0.15, -0.1) is 11.3 Å². The van der Waals surface area contributed by atoms with E-state index in [0.29, 0.717) is 41.0 Å². The van der Waals surface area contributed by atoms with Gasteiger partial charge in [0, 0.05) is 25.5 Å². The van der Waals surface area contributed by atoms with Crippen LogP contribution < -0.4 is 20.5 Å². The Labute approximate surface area is 237 Å². The van der Waals surface area contributed by atoms with Gasteiger partial charge >= 0.3 is 0 Å². The molecule has 0 aliphatic heterocycles. The molecule has 216 valence electrons. The van der Waals surface area contributed by atoms with Gasteiger partial charge in [-0.25, -0.2) is 9.50 Å². The molecule has 3 aromatic heterocycles. The molecule has 3 heterocycles. The summed E-state index contributed by atoms with van der Waals surface area (Å²) in [6, 6.07) is 3.72.